The lowest BCUT2D eigenvalue weighted by molar-refractivity contribution is -0.138. The molecule has 18 heavy (non-hydrogen) atoms. The molecule has 1 heterocycles. The summed E-state index contributed by atoms with van der Waals surface area (Å²) in [7, 11) is 1.96. The average molecular weight is 253 g/mol. The molecule has 2 aliphatic rings. The van der Waals surface area contributed by atoms with Crippen LogP contribution in [0.5, 0.6) is 0 Å². The maximum Gasteiger partial charge on any atom is 0.237 e. The number of carbonyl (C=O) groups is 1. The fraction of sp³-hybridized carbons (Fsp3) is 0.929. The Hall–Kier alpha value is -0.610. The van der Waals surface area contributed by atoms with Gasteiger partial charge in [0.15, 0.2) is 0 Å². The van der Waals surface area contributed by atoms with E-state index in [-0.39, 0.29) is 0 Å². The maximum absolute atomic E-state index is 12.2. The number of hydrogen-bond acceptors (Lipinski definition) is 3. The molecule has 0 aromatic rings. The fourth-order valence-electron chi connectivity index (χ4n) is 3.15. The van der Waals surface area contributed by atoms with E-state index in [4.69, 9.17) is 0 Å². The van der Waals surface area contributed by atoms with E-state index in [1.165, 1.54) is 38.5 Å². The van der Waals surface area contributed by atoms with E-state index in [1.54, 1.807) is 0 Å². The van der Waals surface area contributed by atoms with E-state index in [0.29, 0.717) is 18.5 Å². The number of rotatable bonds is 4. The highest BCUT2D eigenvalue weighted by Gasteiger charge is 2.29. The number of likely N-dealkylation sites (N-methyl/N-ethyl adjacent to an activating group) is 1. The summed E-state index contributed by atoms with van der Waals surface area (Å²) in [5.41, 5.74) is 0. The molecular weight excluding hydrogens is 226 g/mol. The van der Waals surface area contributed by atoms with Crippen molar-refractivity contribution >= 4 is 5.91 Å². The van der Waals surface area contributed by atoms with Gasteiger partial charge in [-0.2, -0.15) is 0 Å². The SMILES string of the molecule is CNCCN1CCN(C2CCCCCC2)C(=O)C1. The Morgan fingerprint density at radius 2 is 1.89 bits per heavy atom. The van der Waals surface area contributed by atoms with Gasteiger partial charge in [-0.05, 0) is 19.9 Å². The van der Waals surface area contributed by atoms with Crippen LogP contribution >= 0.6 is 0 Å². The van der Waals surface area contributed by atoms with Gasteiger partial charge in [-0.15, -0.1) is 0 Å². The van der Waals surface area contributed by atoms with E-state index in [0.717, 1.165) is 26.2 Å². The van der Waals surface area contributed by atoms with Gasteiger partial charge < -0.3 is 10.2 Å². The molecule has 0 atom stereocenters. The predicted octanol–water partition coefficient (Wildman–Crippen LogP) is 1.07. The van der Waals surface area contributed by atoms with Crippen molar-refractivity contribution in [3.8, 4) is 0 Å². The second kappa shape index (κ2) is 7.10. The molecule has 2 rings (SSSR count). The average Bonchev–Trinajstić information content (AvgIpc) is 2.65. The van der Waals surface area contributed by atoms with Crippen LogP contribution in [0.4, 0.5) is 0 Å². The number of hydrogen-bond donors (Lipinski definition) is 1. The minimum Gasteiger partial charge on any atom is -0.337 e. The quantitative estimate of drug-likeness (QED) is 0.761. The zero-order valence-electron chi connectivity index (χ0n) is 11.7. The van der Waals surface area contributed by atoms with E-state index in [9.17, 15) is 4.79 Å². The minimum atomic E-state index is 0.351. The van der Waals surface area contributed by atoms with Crippen molar-refractivity contribution in [2.24, 2.45) is 0 Å². The molecule has 4 heteroatoms. The van der Waals surface area contributed by atoms with Crippen molar-refractivity contribution in [2.75, 3.05) is 39.8 Å². The largest absolute Gasteiger partial charge is 0.337 e. The molecule has 1 saturated heterocycles. The summed E-state index contributed by atoms with van der Waals surface area (Å²) in [6, 6.07) is 0.534. The van der Waals surface area contributed by atoms with E-state index in [2.05, 4.69) is 15.1 Å². The first-order chi connectivity index (χ1) is 8.81. The third-order valence-electron chi connectivity index (χ3n) is 4.28. The van der Waals surface area contributed by atoms with Crippen molar-refractivity contribution in [1.29, 1.82) is 0 Å². The first-order valence-corrected chi connectivity index (χ1v) is 7.47. The van der Waals surface area contributed by atoms with Gasteiger partial charge in [0.25, 0.3) is 0 Å². The lowest BCUT2D eigenvalue weighted by Crippen LogP contribution is -2.54. The summed E-state index contributed by atoms with van der Waals surface area (Å²) >= 11 is 0. The normalized spacial score (nSPS) is 24.3. The molecule has 1 amide bonds. The smallest absolute Gasteiger partial charge is 0.237 e. The van der Waals surface area contributed by atoms with Crippen molar-refractivity contribution in [3.63, 3.8) is 0 Å². The van der Waals surface area contributed by atoms with Crippen molar-refractivity contribution < 1.29 is 4.79 Å². The Morgan fingerprint density at radius 1 is 1.17 bits per heavy atom. The topological polar surface area (TPSA) is 35.6 Å². The third-order valence-corrected chi connectivity index (χ3v) is 4.28. The van der Waals surface area contributed by atoms with Gasteiger partial charge in [0.05, 0.1) is 6.54 Å². The van der Waals surface area contributed by atoms with Crippen LogP contribution in [-0.2, 0) is 4.79 Å². The highest BCUT2D eigenvalue weighted by molar-refractivity contribution is 5.79. The fourth-order valence-corrected chi connectivity index (χ4v) is 3.15. The molecule has 1 aliphatic carbocycles. The molecule has 0 unspecified atom stereocenters. The van der Waals surface area contributed by atoms with E-state index >= 15 is 0 Å². The molecule has 2 fully saturated rings. The number of nitrogens with zero attached hydrogens (tertiary/aromatic N) is 2. The first kappa shape index (κ1) is 13.8. The Morgan fingerprint density at radius 3 is 2.50 bits per heavy atom. The lowest BCUT2D eigenvalue weighted by atomic mass is 10.1. The van der Waals surface area contributed by atoms with Crippen LogP contribution in [-0.4, -0.2) is 61.5 Å². The summed E-state index contributed by atoms with van der Waals surface area (Å²) in [6.45, 7) is 4.56. The van der Waals surface area contributed by atoms with E-state index < -0.39 is 0 Å². The second-order valence-electron chi connectivity index (χ2n) is 5.61. The van der Waals surface area contributed by atoms with Crippen LogP contribution in [0, 0.1) is 0 Å². The molecule has 104 valence electrons. The van der Waals surface area contributed by atoms with Gasteiger partial charge in [0.1, 0.15) is 0 Å². The highest BCUT2D eigenvalue weighted by atomic mass is 16.2. The molecule has 0 bridgehead atoms. The van der Waals surface area contributed by atoms with Crippen LogP contribution in [0.2, 0.25) is 0 Å². The maximum atomic E-state index is 12.2. The molecule has 0 spiro atoms. The number of piperazine rings is 1. The Balaban J connectivity index is 1.82. The monoisotopic (exact) mass is 253 g/mol. The van der Waals surface area contributed by atoms with Gasteiger partial charge >= 0.3 is 0 Å². The molecule has 0 aromatic carbocycles. The lowest BCUT2D eigenvalue weighted by Gasteiger charge is -2.39. The van der Waals surface area contributed by atoms with Gasteiger partial charge in [-0.1, -0.05) is 25.7 Å². The van der Waals surface area contributed by atoms with Crippen LogP contribution in [0.3, 0.4) is 0 Å². The number of amides is 1. The molecule has 0 aromatic heterocycles. The van der Waals surface area contributed by atoms with Crippen LogP contribution < -0.4 is 5.32 Å². The minimum absolute atomic E-state index is 0.351. The van der Waals surface area contributed by atoms with Crippen molar-refractivity contribution in [3.05, 3.63) is 0 Å². The zero-order valence-corrected chi connectivity index (χ0v) is 11.7. The number of carbonyl (C=O) groups excluding carboxylic acids is 1. The molecule has 4 nitrogen and oxygen atoms in total. The van der Waals surface area contributed by atoms with Crippen molar-refractivity contribution in [2.45, 2.75) is 44.6 Å². The summed E-state index contributed by atoms with van der Waals surface area (Å²) < 4.78 is 0. The Bertz CT molecular complexity index is 262. The van der Waals surface area contributed by atoms with Crippen LogP contribution in [0.15, 0.2) is 0 Å². The van der Waals surface area contributed by atoms with Gasteiger partial charge in [0, 0.05) is 32.2 Å². The molecular formula is C14H27N3O. The highest BCUT2D eigenvalue weighted by Crippen LogP contribution is 2.23. The molecule has 1 saturated carbocycles. The predicted molar refractivity (Wildman–Crippen MR) is 73.6 cm³/mol. The molecule has 1 N–H and O–H groups in total. The number of nitrogens with one attached hydrogen (secondary N) is 1. The van der Waals surface area contributed by atoms with Gasteiger partial charge in [-0.25, -0.2) is 0 Å². The van der Waals surface area contributed by atoms with E-state index in [1.807, 2.05) is 7.05 Å². The first-order valence-electron chi connectivity index (χ1n) is 7.47. The second-order valence-corrected chi connectivity index (χ2v) is 5.61. The standard InChI is InChI=1S/C14H27N3O/c1-15-8-9-16-10-11-17(14(18)12-16)13-6-4-2-3-5-7-13/h13,15H,2-12H2,1H3. The van der Waals surface area contributed by atoms with Gasteiger partial charge in [-0.3, -0.25) is 9.69 Å². The Kier molecular flexibility index (Phi) is 5.45. The molecule has 1 aliphatic heterocycles. The summed E-state index contributed by atoms with van der Waals surface area (Å²) in [6.07, 6.45) is 7.76. The van der Waals surface area contributed by atoms with Crippen LogP contribution in [0.25, 0.3) is 0 Å². The third kappa shape index (κ3) is 3.69. The van der Waals surface area contributed by atoms with Crippen molar-refractivity contribution in [1.82, 2.24) is 15.1 Å². The summed E-state index contributed by atoms with van der Waals surface area (Å²) in [5.74, 6) is 0.351. The summed E-state index contributed by atoms with van der Waals surface area (Å²) in [5, 5.41) is 3.15. The van der Waals surface area contributed by atoms with Crippen LogP contribution in [0.1, 0.15) is 38.5 Å². The van der Waals surface area contributed by atoms with Gasteiger partial charge in [0.2, 0.25) is 5.91 Å². The zero-order chi connectivity index (χ0) is 12.8. The Labute approximate surface area is 111 Å². The summed E-state index contributed by atoms with van der Waals surface area (Å²) in [4.78, 5) is 16.7. The molecule has 0 radical (unpaired) electrons.